The predicted molar refractivity (Wildman–Crippen MR) is 83.2 cm³/mol. The smallest absolute Gasteiger partial charge is 0.224 e. The number of amides is 1. The van der Waals surface area contributed by atoms with Gasteiger partial charge in [0.2, 0.25) is 5.91 Å². The van der Waals surface area contributed by atoms with Crippen molar-refractivity contribution in [2.75, 3.05) is 0 Å². The summed E-state index contributed by atoms with van der Waals surface area (Å²) in [6.45, 7) is 1.96. The van der Waals surface area contributed by atoms with Crippen molar-refractivity contribution in [3.05, 3.63) is 69.7 Å². The Morgan fingerprint density at radius 3 is 2.45 bits per heavy atom. The molecule has 2 aromatic rings. The number of nitrogens with one attached hydrogen (secondary N) is 1. The van der Waals surface area contributed by atoms with Crippen molar-refractivity contribution in [2.24, 2.45) is 0 Å². The van der Waals surface area contributed by atoms with Gasteiger partial charge in [-0.05, 0) is 30.2 Å². The maximum atomic E-state index is 12.0. The van der Waals surface area contributed by atoms with E-state index in [-0.39, 0.29) is 18.4 Å². The zero-order valence-corrected chi connectivity index (χ0v) is 12.6. The minimum atomic E-state index is -0.0419. The summed E-state index contributed by atoms with van der Waals surface area (Å²) in [5.74, 6) is -0.0419. The molecule has 0 aromatic heterocycles. The summed E-state index contributed by atoms with van der Waals surface area (Å²) in [5.41, 5.74) is 1.92. The third kappa shape index (κ3) is 3.99. The van der Waals surface area contributed by atoms with Crippen LogP contribution in [0.15, 0.2) is 48.5 Å². The fraction of sp³-hybridized carbons (Fsp3) is 0.188. The molecule has 0 aliphatic heterocycles. The van der Waals surface area contributed by atoms with Crippen molar-refractivity contribution in [2.45, 2.75) is 19.4 Å². The number of hydrogen-bond acceptors (Lipinski definition) is 1. The van der Waals surface area contributed by atoms with Crippen LogP contribution in [0.25, 0.3) is 0 Å². The van der Waals surface area contributed by atoms with E-state index in [9.17, 15) is 4.79 Å². The fourth-order valence-electron chi connectivity index (χ4n) is 1.95. The van der Waals surface area contributed by atoms with Crippen LogP contribution in [0, 0.1) is 0 Å². The van der Waals surface area contributed by atoms with Gasteiger partial charge in [0.25, 0.3) is 0 Å². The molecule has 2 nitrogen and oxygen atoms in total. The lowest BCUT2D eigenvalue weighted by Crippen LogP contribution is -2.28. The molecule has 1 N–H and O–H groups in total. The van der Waals surface area contributed by atoms with Crippen molar-refractivity contribution >= 4 is 29.1 Å². The second-order valence-corrected chi connectivity index (χ2v) is 5.44. The fourth-order valence-corrected chi connectivity index (χ4v) is 2.27. The quantitative estimate of drug-likeness (QED) is 0.890. The van der Waals surface area contributed by atoms with Gasteiger partial charge < -0.3 is 5.32 Å². The Kier molecular flexibility index (Phi) is 5.05. The first-order chi connectivity index (χ1) is 9.56. The minimum absolute atomic E-state index is 0.0218. The van der Waals surface area contributed by atoms with Gasteiger partial charge >= 0.3 is 0 Å². The highest BCUT2D eigenvalue weighted by Crippen LogP contribution is 2.23. The number of halogens is 2. The van der Waals surface area contributed by atoms with E-state index < -0.39 is 0 Å². The molecule has 0 saturated heterocycles. The second kappa shape index (κ2) is 6.78. The first-order valence-electron chi connectivity index (χ1n) is 6.34. The monoisotopic (exact) mass is 307 g/mol. The highest BCUT2D eigenvalue weighted by molar-refractivity contribution is 6.42. The van der Waals surface area contributed by atoms with Crippen LogP contribution < -0.4 is 5.32 Å². The number of carbonyl (C=O) groups excluding carboxylic acids is 1. The Balaban J connectivity index is 1.97. The van der Waals surface area contributed by atoms with E-state index in [0.29, 0.717) is 10.0 Å². The zero-order valence-electron chi connectivity index (χ0n) is 11.1. The van der Waals surface area contributed by atoms with Gasteiger partial charge in [-0.2, -0.15) is 0 Å². The Morgan fingerprint density at radius 2 is 1.80 bits per heavy atom. The van der Waals surface area contributed by atoms with Gasteiger partial charge in [-0.15, -0.1) is 0 Å². The maximum absolute atomic E-state index is 12.0. The first kappa shape index (κ1) is 14.9. The van der Waals surface area contributed by atoms with Gasteiger partial charge in [0.05, 0.1) is 22.5 Å². The lowest BCUT2D eigenvalue weighted by atomic mass is 10.1. The van der Waals surface area contributed by atoms with Crippen molar-refractivity contribution in [3.63, 3.8) is 0 Å². The largest absolute Gasteiger partial charge is 0.349 e. The number of benzene rings is 2. The van der Waals surface area contributed by atoms with Crippen molar-refractivity contribution in [1.29, 1.82) is 0 Å². The molecule has 1 unspecified atom stereocenters. The molecule has 2 aromatic carbocycles. The normalized spacial score (nSPS) is 11.9. The van der Waals surface area contributed by atoms with Crippen LogP contribution in [-0.2, 0) is 11.2 Å². The van der Waals surface area contributed by atoms with Gasteiger partial charge in [-0.3, -0.25) is 4.79 Å². The van der Waals surface area contributed by atoms with Crippen molar-refractivity contribution < 1.29 is 4.79 Å². The SMILES string of the molecule is CC(NC(=O)Cc1ccc(Cl)c(Cl)c1)c1ccccc1. The molecular weight excluding hydrogens is 293 g/mol. The van der Waals surface area contributed by atoms with Gasteiger partial charge in [-0.1, -0.05) is 59.6 Å². The average molecular weight is 308 g/mol. The van der Waals surface area contributed by atoms with E-state index in [1.807, 2.05) is 37.3 Å². The van der Waals surface area contributed by atoms with Gasteiger partial charge in [0.1, 0.15) is 0 Å². The lowest BCUT2D eigenvalue weighted by Gasteiger charge is -2.14. The average Bonchev–Trinajstić information content (AvgIpc) is 2.44. The Hall–Kier alpha value is -1.51. The number of rotatable bonds is 4. The molecule has 0 aliphatic rings. The zero-order chi connectivity index (χ0) is 14.5. The van der Waals surface area contributed by atoms with Crippen LogP contribution in [0.3, 0.4) is 0 Å². The van der Waals surface area contributed by atoms with Crippen LogP contribution in [0.1, 0.15) is 24.1 Å². The molecule has 0 bridgehead atoms. The maximum Gasteiger partial charge on any atom is 0.224 e. The molecule has 4 heteroatoms. The Bertz CT molecular complexity index is 599. The van der Waals surface area contributed by atoms with Crippen LogP contribution in [-0.4, -0.2) is 5.91 Å². The standard InChI is InChI=1S/C16H15Cl2NO/c1-11(13-5-3-2-4-6-13)19-16(20)10-12-7-8-14(17)15(18)9-12/h2-9,11H,10H2,1H3,(H,19,20). The summed E-state index contributed by atoms with van der Waals surface area (Å²) >= 11 is 11.8. The highest BCUT2D eigenvalue weighted by Gasteiger charge is 2.10. The Morgan fingerprint density at radius 1 is 1.10 bits per heavy atom. The number of hydrogen-bond donors (Lipinski definition) is 1. The molecule has 0 heterocycles. The summed E-state index contributed by atoms with van der Waals surface area (Å²) in [7, 11) is 0. The van der Waals surface area contributed by atoms with E-state index in [4.69, 9.17) is 23.2 Å². The Labute approximate surface area is 128 Å². The molecule has 2 rings (SSSR count). The van der Waals surface area contributed by atoms with Crippen molar-refractivity contribution in [1.82, 2.24) is 5.32 Å². The summed E-state index contributed by atoms with van der Waals surface area (Å²) in [6, 6.07) is 15.0. The van der Waals surface area contributed by atoms with Crippen molar-refractivity contribution in [3.8, 4) is 0 Å². The topological polar surface area (TPSA) is 29.1 Å². The lowest BCUT2D eigenvalue weighted by molar-refractivity contribution is -0.121. The van der Waals surface area contributed by atoms with E-state index in [1.165, 1.54) is 0 Å². The third-order valence-electron chi connectivity index (χ3n) is 3.03. The summed E-state index contributed by atoms with van der Waals surface area (Å²) in [4.78, 5) is 12.0. The molecule has 0 radical (unpaired) electrons. The van der Waals surface area contributed by atoms with E-state index in [1.54, 1.807) is 18.2 Å². The van der Waals surface area contributed by atoms with E-state index in [0.717, 1.165) is 11.1 Å². The van der Waals surface area contributed by atoms with Crippen LogP contribution in [0.5, 0.6) is 0 Å². The second-order valence-electron chi connectivity index (χ2n) is 4.63. The van der Waals surface area contributed by atoms with E-state index >= 15 is 0 Å². The summed E-state index contributed by atoms with van der Waals surface area (Å²) in [5, 5.41) is 3.92. The van der Waals surface area contributed by atoms with Crippen LogP contribution >= 0.6 is 23.2 Å². The number of carbonyl (C=O) groups is 1. The van der Waals surface area contributed by atoms with Crippen LogP contribution in [0.2, 0.25) is 10.0 Å². The molecule has 0 spiro atoms. The third-order valence-corrected chi connectivity index (χ3v) is 3.76. The highest BCUT2D eigenvalue weighted by atomic mass is 35.5. The molecule has 1 atom stereocenters. The van der Waals surface area contributed by atoms with Gasteiger partial charge in [-0.25, -0.2) is 0 Å². The molecule has 20 heavy (non-hydrogen) atoms. The van der Waals surface area contributed by atoms with Crippen LogP contribution in [0.4, 0.5) is 0 Å². The molecular formula is C16H15Cl2NO. The predicted octanol–water partition coefficient (Wildman–Crippen LogP) is 4.41. The first-order valence-corrected chi connectivity index (χ1v) is 7.10. The van der Waals surface area contributed by atoms with E-state index in [2.05, 4.69) is 5.32 Å². The molecule has 0 aliphatic carbocycles. The molecule has 0 saturated carbocycles. The molecule has 1 amide bonds. The molecule has 104 valence electrons. The summed E-state index contributed by atoms with van der Waals surface area (Å²) < 4.78 is 0. The minimum Gasteiger partial charge on any atom is -0.349 e. The summed E-state index contributed by atoms with van der Waals surface area (Å²) in [6.07, 6.45) is 0.286. The van der Waals surface area contributed by atoms with Gasteiger partial charge in [0.15, 0.2) is 0 Å². The molecule has 0 fully saturated rings. The van der Waals surface area contributed by atoms with Gasteiger partial charge in [0, 0.05) is 0 Å².